The van der Waals surface area contributed by atoms with Gasteiger partial charge in [-0.25, -0.2) is 4.79 Å². The molecule has 0 aromatic carbocycles. The molecule has 0 heterocycles. The summed E-state index contributed by atoms with van der Waals surface area (Å²) in [6, 6.07) is 1.44. The summed E-state index contributed by atoms with van der Waals surface area (Å²) in [5.41, 5.74) is 0. The largest absolute Gasteiger partial charge is 0.463 e. The molecule has 0 rings (SSSR count). The molecule has 0 unspecified atom stereocenters. The average molecular weight is 428 g/mol. The minimum atomic E-state index is -0.217. The average Bonchev–Trinajstić information content (AvgIpc) is 2.40. The molecule has 20 heavy (non-hydrogen) atoms. The van der Waals surface area contributed by atoms with E-state index in [4.69, 9.17) is 4.74 Å². The molecule has 0 aliphatic heterocycles. The van der Waals surface area contributed by atoms with Crippen molar-refractivity contribution in [3.8, 4) is 0 Å². The Kier molecular flexibility index (Phi) is 16.1. The van der Waals surface area contributed by atoms with E-state index in [-0.39, 0.29) is 15.5 Å². The van der Waals surface area contributed by atoms with Crippen LogP contribution in [0.3, 0.4) is 0 Å². The summed E-state index contributed by atoms with van der Waals surface area (Å²) in [4.78, 5) is 11.0. The van der Waals surface area contributed by atoms with Gasteiger partial charge in [-0.3, -0.25) is 0 Å². The number of allylic oxidation sites excluding steroid dienone is 1. The van der Waals surface area contributed by atoms with E-state index in [1.807, 2.05) is 6.92 Å². The van der Waals surface area contributed by atoms with Gasteiger partial charge in [0.15, 0.2) is 0 Å². The lowest BCUT2D eigenvalue weighted by molar-refractivity contribution is -0.137. The number of unbranched alkanes of at least 4 members (excludes halogenated alkanes) is 7. The molecule has 0 radical (unpaired) electrons. The molecular formula is C15H28Br2O2Si. The summed E-state index contributed by atoms with van der Waals surface area (Å²) in [6.45, 7) is 2.38. The topological polar surface area (TPSA) is 26.3 Å². The molecular weight excluding hydrogens is 400 g/mol. The van der Waals surface area contributed by atoms with Crippen molar-refractivity contribution in [1.29, 1.82) is 0 Å². The van der Waals surface area contributed by atoms with Crippen molar-refractivity contribution in [2.75, 3.05) is 6.61 Å². The minimum absolute atomic E-state index is 0.0689. The Labute approximate surface area is 143 Å². The highest BCUT2D eigenvalue weighted by Gasteiger charge is 1.99. The number of alkyl halides is 2. The third kappa shape index (κ3) is 16.4. The Hall–Kier alpha value is 0.387. The van der Waals surface area contributed by atoms with Crippen molar-refractivity contribution in [3.05, 3.63) is 12.2 Å². The summed E-state index contributed by atoms with van der Waals surface area (Å²) in [6.07, 6.45) is 13.4. The van der Waals surface area contributed by atoms with Crippen LogP contribution in [0, 0.1) is 0 Å². The quantitative estimate of drug-likeness (QED) is 0.137. The van der Waals surface area contributed by atoms with Crippen LogP contribution in [0.4, 0.5) is 0 Å². The first-order valence-electron chi connectivity index (χ1n) is 7.74. The van der Waals surface area contributed by atoms with E-state index in [1.165, 1.54) is 57.1 Å². The zero-order valence-corrected chi connectivity index (χ0v) is 17.2. The predicted molar refractivity (Wildman–Crippen MR) is 97.7 cm³/mol. The maximum atomic E-state index is 11.0. The van der Waals surface area contributed by atoms with Gasteiger partial charge in [0.1, 0.15) is 0 Å². The summed E-state index contributed by atoms with van der Waals surface area (Å²) in [5.74, 6) is -0.217. The van der Waals surface area contributed by atoms with Gasteiger partial charge < -0.3 is 4.74 Å². The summed E-state index contributed by atoms with van der Waals surface area (Å²) < 4.78 is 5.67. The zero-order valence-electron chi connectivity index (χ0n) is 12.6. The lowest BCUT2D eigenvalue weighted by Crippen LogP contribution is -2.01. The number of carbonyl (C=O) groups is 1. The van der Waals surface area contributed by atoms with Crippen molar-refractivity contribution in [2.45, 2.75) is 67.7 Å². The molecule has 0 bridgehead atoms. The van der Waals surface area contributed by atoms with E-state index >= 15 is 0 Å². The predicted octanol–water partition coefficient (Wildman–Crippen LogP) is 4.89. The van der Waals surface area contributed by atoms with Gasteiger partial charge >= 0.3 is 5.97 Å². The minimum Gasteiger partial charge on any atom is -0.463 e. The first-order valence-corrected chi connectivity index (χ1v) is 11.4. The van der Waals surface area contributed by atoms with Gasteiger partial charge in [-0.2, -0.15) is 0 Å². The summed E-state index contributed by atoms with van der Waals surface area (Å²) >= 11 is 7.12. The van der Waals surface area contributed by atoms with Crippen LogP contribution < -0.4 is 0 Å². The Morgan fingerprint density at radius 2 is 1.60 bits per heavy atom. The van der Waals surface area contributed by atoms with Gasteiger partial charge in [-0.1, -0.05) is 88.9 Å². The normalized spacial score (nSPS) is 12.0. The monoisotopic (exact) mass is 426 g/mol. The fourth-order valence-corrected chi connectivity index (χ4v) is 4.89. The van der Waals surface area contributed by atoms with Gasteiger partial charge in [-0.15, -0.1) is 0 Å². The lowest BCUT2D eigenvalue weighted by atomic mass is 10.1. The number of hydrogen-bond donors (Lipinski definition) is 0. The fraction of sp³-hybridized carbons (Fsp3) is 0.800. The van der Waals surface area contributed by atoms with Gasteiger partial charge in [0.25, 0.3) is 0 Å². The van der Waals surface area contributed by atoms with Crippen LogP contribution in [0.5, 0.6) is 0 Å². The number of carbonyl (C=O) groups excluding carboxylic acids is 1. The van der Waals surface area contributed by atoms with Crippen molar-refractivity contribution >= 4 is 47.3 Å². The number of esters is 1. The highest BCUT2D eigenvalue weighted by atomic mass is 79.9. The van der Waals surface area contributed by atoms with E-state index in [9.17, 15) is 4.79 Å². The number of halogens is 2. The Morgan fingerprint density at radius 3 is 2.15 bits per heavy atom. The number of ether oxygens (including phenoxy) is 1. The Balaban J connectivity index is 3.08. The van der Waals surface area contributed by atoms with Crippen LogP contribution in [0.1, 0.15) is 58.3 Å². The summed E-state index contributed by atoms with van der Waals surface area (Å²) in [7, 11) is 0.0689. The van der Waals surface area contributed by atoms with Crippen molar-refractivity contribution in [3.63, 3.8) is 0 Å². The fourth-order valence-electron chi connectivity index (χ4n) is 2.00. The Bertz CT molecular complexity index is 258. The molecule has 2 nitrogen and oxygen atoms in total. The molecule has 0 N–H and O–H groups in total. The van der Waals surface area contributed by atoms with E-state index in [1.54, 1.807) is 6.08 Å². The van der Waals surface area contributed by atoms with E-state index in [0.717, 1.165) is 6.42 Å². The van der Waals surface area contributed by atoms with Crippen LogP contribution in [-0.2, 0) is 9.53 Å². The molecule has 118 valence electrons. The zero-order chi connectivity index (χ0) is 15.1. The second-order valence-electron chi connectivity index (χ2n) is 5.03. The molecule has 0 aliphatic carbocycles. The molecule has 0 spiro atoms. The van der Waals surface area contributed by atoms with Crippen LogP contribution in [0.2, 0.25) is 6.04 Å². The molecule has 0 aromatic heterocycles. The highest BCUT2D eigenvalue weighted by molar-refractivity contribution is 9.25. The van der Waals surface area contributed by atoms with Gasteiger partial charge in [-0.05, 0) is 13.3 Å². The second kappa shape index (κ2) is 15.8. The maximum absolute atomic E-state index is 11.0. The molecule has 0 saturated heterocycles. The highest BCUT2D eigenvalue weighted by Crippen LogP contribution is 2.13. The molecule has 5 heteroatoms. The molecule has 0 atom stereocenters. The molecule has 0 fully saturated rings. The van der Waals surface area contributed by atoms with Gasteiger partial charge in [0.2, 0.25) is 0 Å². The molecule has 0 aliphatic rings. The van der Waals surface area contributed by atoms with Crippen molar-refractivity contribution in [2.24, 2.45) is 0 Å². The lowest BCUT2D eigenvalue weighted by Gasteiger charge is -2.03. The van der Waals surface area contributed by atoms with Crippen LogP contribution in [0.25, 0.3) is 0 Å². The second-order valence-corrected chi connectivity index (χ2v) is 13.0. The molecule has 0 aromatic rings. The number of rotatable bonds is 13. The molecule has 0 amide bonds. The third-order valence-corrected chi connectivity index (χ3v) is 7.21. The van der Waals surface area contributed by atoms with Gasteiger partial charge in [0.05, 0.1) is 9.97 Å². The summed E-state index contributed by atoms with van der Waals surface area (Å²) in [5, 5.41) is 0. The van der Waals surface area contributed by atoms with E-state index < -0.39 is 0 Å². The SMILES string of the molecule is CC=CC(=O)OCCCCCCCCCC[SiH2]C(Br)Br. The molecule has 0 saturated carbocycles. The Morgan fingerprint density at radius 1 is 1.05 bits per heavy atom. The first kappa shape index (κ1) is 20.4. The van der Waals surface area contributed by atoms with Crippen LogP contribution >= 0.6 is 31.9 Å². The van der Waals surface area contributed by atoms with Crippen LogP contribution in [0.15, 0.2) is 12.2 Å². The standard InChI is InChI=1S/C15H28Br2O2Si/c1-2-11-14(18)19-12-9-7-5-3-4-6-8-10-13-20-15(16)17/h2,11,15H,3-10,12-13,20H2,1H3. The first-order chi connectivity index (χ1) is 9.66. The van der Waals surface area contributed by atoms with E-state index in [2.05, 4.69) is 31.9 Å². The number of hydrogen-bond acceptors (Lipinski definition) is 2. The third-order valence-electron chi connectivity index (χ3n) is 3.11. The van der Waals surface area contributed by atoms with Crippen LogP contribution in [-0.4, -0.2) is 25.5 Å². The maximum Gasteiger partial charge on any atom is 0.330 e. The van der Waals surface area contributed by atoms with Crippen molar-refractivity contribution in [1.82, 2.24) is 0 Å². The smallest absolute Gasteiger partial charge is 0.330 e. The van der Waals surface area contributed by atoms with E-state index in [0.29, 0.717) is 9.97 Å². The van der Waals surface area contributed by atoms with Crippen molar-refractivity contribution < 1.29 is 9.53 Å². The van der Waals surface area contributed by atoms with Gasteiger partial charge in [0, 0.05) is 15.6 Å².